The van der Waals surface area contributed by atoms with Crippen molar-refractivity contribution in [2.75, 3.05) is 0 Å². The minimum atomic E-state index is 0.315. The van der Waals surface area contributed by atoms with Crippen LogP contribution in [-0.4, -0.2) is 0 Å². The molecule has 0 nitrogen and oxygen atoms in total. The van der Waals surface area contributed by atoms with Crippen molar-refractivity contribution >= 4 is 0 Å². The summed E-state index contributed by atoms with van der Waals surface area (Å²) in [6.45, 7) is 6.96. The van der Waals surface area contributed by atoms with Gasteiger partial charge in [-0.25, -0.2) is 0 Å². The molecule has 14 heavy (non-hydrogen) atoms. The number of hydrogen-bond acceptors (Lipinski definition) is 0. The van der Waals surface area contributed by atoms with Gasteiger partial charge in [-0.2, -0.15) is 0 Å². The minimum absolute atomic E-state index is 0.315. The zero-order valence-electron chi connectivity index (χ0n) is 9.51. The Morgan fingerprint density at radius 1 is 1.29 bits per heavy atom. The van der Waals surface area contributed by atoms with Crippen molar-refractivity contribution in [3.63, 3.8) is 0 Å². The monoisotopic (exact) mass is 188 g/mol. The summed E-state index contributed by atoms with van der Waals surface area (Å²) in [6, 6.07) is 0. The Morgan fingerprint density at radius 2 is 2.07 bits per heavy atom. The minimum Gasteiger partial charge on any atom is -0.0839 e. The van der Waals surface area contributed by atoms with Crippen LogP contribution >= 0.6 is 0 Å². The molecule has 76 valence electrons. The molecule has 0 saturated carbocycles. The molecule has 2 aliphatic carbocycles. The Balaban J connectivity index is 2.36. The fraction of sp³-hybridized carbons (Fsp3) is 0.571. The summed E-state index contributed by atoms with van der Waals surface area (Å²) >= 11 is 0. The normalized spacial score (nSPS) is 26.6. The predicted octanol–water partition coefficient (Wildman–Crippen LogP) is 4.26. The summed E-state index contributed by atoms with van der Waals surface area (Å²) in [5, 5.41) is 0. The van der Waals surface area contributed by atoms with Gasteiger partial charge >= 0.3 is 0 Å². The molecule has 0 heteroatoms. The lowest BCUT2D eigenvalue weighted by atomic mass is 9.71. The van der Waals surface area contributed by atoms with Crippen molar-refractivity contribution in [2.24, 2.45) is 11.3 Å². The van der Waals surface area contributed by atoms with Crippen molar-refractivity contribution in [3.05, 3.63) is 35.5 Å². The molecule has 0 aromatic rings. The second kappa shape index (κ2) is 3.42. The van der Waals surface area contributed by atoms with E-state index < -0.39 is 0 Å². The van der Waals surface area contributed by atoms with Gasteiger partial charge in [0, 0.05) is 0 Å². The van der Waals surface area contributed by atoms with E-state index in [1.54, 1.807) is 11.1 Å². The van der Waals surface area contributed by atoms with Crippen LogP contribution in [0.3, 0.4) is 0 Å². The number of fused-ring (bicyclic) bond motifs is 1. The SMILES string of the molecule is CC(C)(C)C1=CCCC2CC=CC=C12. The molecular weight excluding hydrogens is 168 g/mol. The van der Waals surface area contributed by atoms with Gasteiger partial charge in [0.25, 0.3) is 0 Å². The summed E-state index contributed by atoms with van der Waals surface area (Å²) < 4.78 is 0. The van der Waals surface area contributed by atoms with Crippen molar-refractivity contribution < 1.29 is 0 Å². The third kappa shape index (κ3) is 1.70. The number of allylic oxidation sites excluding steroid dienone is 6. The molecule has 0 aliphatic heterocycles. The van der Waals surface area contributed by atoms with Crippen molar-refractivity contribution in [2.45, 2.75) is 40.0 Å². The summed E-state index contributed by atoms with van der Waals surface area (Å²) in [6.07, 6.45) is 13.2. The zero-order chi connectivity index (χ0) is 10.2. The highest BCUT2D eigenvalue weighted by molar-refractivity contribution is 5.43. The van der Waals surface area contributed by atoms with Gasteiger partial charge in [0.2, 0.25) is 0 Å². The molecule has 0 aromatic carbocycles. The van der Waals surface area contributed by atoms with E-state index >= 15 is 0 Å². The molecule has 0 fully saturated rings. The first kappa shape index (κ1) is 9.76. The molecular formula is C14H20. The average Bonchev–Trinajstić information content (AvgIpc) is 2.15. The van der Waals surface area contributed by atoms with Gasteiger partial charge < -0.3 is 0 Å². The van der Waals surface area contributed by atoms with Crippen LogP contribution < -0.4 is 0 Å². The zero-order valence-corrected chi connectivity index (χ0v) is 9.51. The van der Waals surface area contributed by atoms with Crippen LogP contribution in [0.4, 0.5) is 0 Å². The van der Waals surface area contributed by atoms with E-state index in [0.29, 0.717) is 5.41 Å². The highest BCUT2D eigenvalue weighted by atomic mass is 14.3. The van der Waals surface area contributed by atoms with Crippen LogP contribution in [0.15, 0.2) is 35.5 Å². The molecule has 0 amide bonds. The molecule has 0 heterocycles. The summed E-state index contributed by atoms with van der Waals surface area (Å²) in [7, 11) is 0. The standard InChI is InChI=1S/C14H20/c1-14(2,3)13-10-6-8-11-7-4-5-9-12(11)13/h4-5,9-11H,6-8H2,1-3H3. The Hall–Kier alpha value is -0.780. The van der Waals surface area contributed by atoms with E-state index in [4.69, 9.17) is 0 Å². The van der Waals surface area contributed by atoms with E-state index in [9.17, 15) is 0 Å². The van der Waals surface area contributed by atoms with Gasteiger partial charge in [0.15, 0.2) is 0 Å². The second-order valence-corrected chi connectivity index (χ2v) is 5.43. The van der Waals surface area contributed by atoms with E-state index in [1.165, 1.54) is 19.3 Å². The number of hydrogen-bond donors (Lipinski definition) is 0. The van der Waals surface area contributed by atoms with Gasteiger partial charge in [-0.3, -0.25) is 0 Å². The Bertz CT molecular complexity index is 307. The van der Waals surface area contributed by atoms with E-state index in [0.717, 1.165) is 5.92 Å². The topological polar surface area (TPSA) is 0 Å². The molecule has 0 aromatic heterocycles. The van der Waals surface area contributed by atoms with Gasteiger partial charge in [-0.05, 0) is 41.7 Å². The first-order valence-corrected chi connectivity index (χ1v) is 5.67. The smallest absolute Gasteiger partial charge is 0.0122 e. The molecule has 1 unspecified atom stereocenters. The van der Waals surface area contributed by atoms with Gasteiger partial charge in [-0.15, -0.1) is 0 Å². The summed E-state index contributed by atoms with van der Waals surface area (Å²) in [5.41, 5.74) is 3.50. The molecule has 0 radical (unpaired) electrons. The fourth-order valence-corrected chi connectivity index (χ4v) is 2.55. The molecule has 2 aliphatic rings. The van der Waals surface area contributed by atoms with Gasteiger partial charge in [0.1, 0.15) is 0 Å². The van der Waals surface area contributed by atoms with Crippen LogP contribution in [0.25, 0.3) is 0 Å². The first-order chi connectivity index (χ1) is 6.59. The first-order valence-electron chi connectivity index (χ1n) is 5.67. The highest BCUT2D eigenvalue weighted by Crippen LogP contribution is 2.42. The Morgan fingerprint density at radius 3 is 2.79 bits per heavy atom. The van der Waals surface area contributed by atoms with Crippen molar-refractivity contribution in [1.29, 1.82) is 0 Å². The van der Waals surface area contributed by atoms with Crippen LogP contribution in [0.1, 0.15) is 40.0 Å². The lowest BCUT2D eigenvalue weighted by Crippen LogP contribution is -2.20. The van der Waals surface area contributed by atoms with E-state index in [1.807, 2.05) is 0 Å². The quantitative estimate of drug-likeness (QED) is 0.533. The van der Waals surface area contributed by atoms with Crippen molar-refractivity contribution in [3.8, 4) is 0 Å². The maximum Gasteiger partial charge on any atom is -0.0122 e. The highest BCUT2D eigenvalue weighted by Gasteiger charge is 2.28. The van der Waals surface area contributed by atoms with Crippen molar-refractivity contribution in [1.82, 2.24) is 0 Å². The third-order valence-electron chi connectivity index (χ3n) is 3.25. The van der Waals surface area contributed by atoms with Gasteiger partial charge in [0.05, 0.1) is 0 Å². The van der Waals surface area contributed by atoms with Crippen LogP contribution in [0, 0.1) is 11.3 Å². The lowest BCUT2D eigenvalue weighted by molar-refractivity contribution is 0.456. The summed E-state index contributed by atoms with van der Waals surface area (Å²) in [4.78, 5) is 0. The average molecular weight is 188 g/mol. The number of rotatable bonds is 0. The van der Waals surface area contributed by atoms with Crippen LogP contribution in [0.5, 0.6) is 0 Å². The molecule has 0 saturated heterocycles. The largest absolute Gasteiger partial charge is 0.0839 e. The molecule has 0 N–H and O–H groups in total. The molecule has 0 spiro atoms. The Kier molecular flexibility index (Phi) is 2.38. The maximum atomic E-state index is 2.45. The lowest BCUT2D eigenvalue weighted by Gasteiger charge is -2.34. The van der Waals surface area contributed by atoms with Crippen LogP contribution in [0.2, 0.25) is 0 Å². The predicted molar refractivity (Wildman–Crippen MR) is 62.1 cm³/mol. The third-order valence-corrected chi connectivity index (χ3v) is 3.25. The van der Waals surface area contributed by atoms with E-state index in [2.05, 4.69) is 45.1 Å². The van der Waals surface area contributed by atoms with Gasteiger partial charge in [-0.1, -0.05) is 45.1 Å². The summed E-state index contributed by atoms with van der Waals surface area (Å²) in [5.74, 6) is 0.805. The van der Waals surface area contributed by atoms with E-state index in [-0.39, 0.29) is 0 Å². The second-order valence-electron chi connectivity index (χ2n) is 5.43. The Labute approximate surface area is 87.4 Å². The van der Waals surface area contributed by atoms with Crippen LogP contribution in [-0.2, 0) is 0 Å². The molecule has 0 bridgehead atoms. The molecule has 2 rings (SSSR count). The maximum absolute atomic E-state index is 2.45. The fourth-order valence-electron chi connectivity index (χ4n) is 2.55. The molecule has 1 atom stereocenters.